The van der Waals surface area contributed by atoms with Crippen molar-refractivity contribution < 1.29 is 25.5 Å². The molecule has 1 rings (SSSR count). The largest absolute Gasteiger partial charge is 0.394 e. The van der Waals surface area contributed by atoms with E-state index in [1.165, 1.54) is 0 Å². The standard InChI is InChI=1S/C12H18N2O5/c15-7-10(17)12(19)11(18)9(16)6-13-14-8-4-2-1-3-5-8/h1-6,9-12,14-19H,7H2/b13-6+. The molecule has 0 saturated heterocycles. The van der Waals surface area contributed by atoms with Crippen molar-refractivity contribution in [3.8, 4) is 0 Å². The zero-order valence-electron chi connectivity index (χ0n) is 10.2. The van der Waals surface area contributed by atoms with Crippen LogP contribution in [0.3, 0.4) is 0 Å². The lowest BCUT2D eigenvalue weighted by Gasteiger charge is -2.23. The third-order valence-electron chi connectivity index (χ3n) is 2.48. The maximum atomic E-state index is 9.52. The molecule has 0 amide bonds. The molecule has 4 unspecified atom stereocenters. The molecule has 19 heavy (non-hydrogen) atoms. The lowest BCUT2D eigenvalue weighted by molar-refractivity contribution is -0.0999. The number of aliphatic hydroxyl groups is 5. The molecule has 0 aliphatic rings. The van der Waals surface area contributed by atoms with Crippen LogP contribution in [0.15, 0.2) is 35.4 Å². The Bertz CT molecular complexity index is 387. The molecule has 0 saturated carbocycles. The molecule has 0 aliphatic carbocycles. The highest BCUT2D eigenvalue weighted by Gasteiger charge is 2.29. The van der Waals surface area contributed by atoms with Crippen LogP contribution in [0.2, 0.25) is 0 Å². The fourth-order valence-electron chi connectivity index (χ4n) is 1.33. The Morgan fingerprint density at radius 3 is 2.26 bits per heavy atom. The Labute approximate surface area is 110 Å². The van der Waals surface area contributed by atoms with Crippen LogP contribution < -0.4 is 5.43 Å². The highest BCUT2D eigenvalue weighted by atomic mass is 16.4. The van der Waals surface area contributed by atoms with E-state index >= 15 is 0 Å². The van der Waals surface area contributed by atoms with Gasteiger partial charge in [-0.05, 0) is 12.1 Å². The number of nitrogens with zero attached hydrogens (tertiary/aromatic N) is 1. The third kappa shape index (κ3) is 4.93. The topological polar surface area (TPSA) is 126 Å². The average Bonchev–Trinajstić information content (AvgIpc) is 2.45. The van der Waals surface area contributed by atoms with E-state index in [9.17, 15) is 15.3 Å². The number of benzene rings is 1. The van der Waals surface area contributed by atoms with E-state index in [0.717, 1.165) is 6.21 Å². The SMILES string of the molecule is OCC(O)C(O)C(O)C(O)/C=N/Nc1ccccc1. The van der Waals surface area contributed by atoms with Gasteiger partial charge in [-0.3, -0.25) is 5.43 Å². The maximum absolute atomic E-state index is 9.52. The van der Waals surface area contributed by atoms with Gasteiger partial charge in [0.2, 0.25) is 0 Å². The predicted molar refractivity (Wildman–Crippen MR) is 69.7 cm³/mol. The Morgan fingerprint density at radius 1 is 1.05 bits per heavy atom. The summed E-state index contributed by atoms with van der Waals surface area (Å²) in [5.74, 6) is 0. The smallest absolute Gasteiger partial charge is 0.119 e. The van der Waals surface area contributed by atoms with Crippen molar-refractivity contribution in [2.75, 3.05) is 12.0 Å². The fraction of sp³-hybridized carbons (Fsp3) is 0.417. The van der Waals surface area contributed by atoms with Gasteiger partial charge in [0, 0.05) is 0 Å². The first-order chi connectivity index (χ1) is 9.06. The molecule has 0 bridgehead atoms. The first kappa shape index (κ1) is 15.5. The van der Waals surface area contributed by atoms with Gasteiger partial charge >= 0.3 is 0 Å². The van der Waals surface area contributed by atoms with Crippen LogP contribution in [-0.2, 0) is 0 Å². The lowest BCUT2D eigenvalue weighted by atomic mass is 10.0. The quantitative estimate of drug-likeness (QED) is 0.265. The second-order valence-corrected chi connectivity index (χ2v) is 3.98. The molecule has 0 radical (unpaired) electrons. The second kappa shape index (κ2) is 7.82. The third-order valence-corrected chi connectivity index (χ3v) is 2.48. The van der Waals surface area contributed by atoms with Crippen LogP contribution in [0.1, 0.15) is 0 Å². The summed E-state index contributed by atoms with van der Waals surface area (Å²) in [7, 11) is 0. The first-order valence-electron chi connectivity index (χ1n) is 5.73. The van der Waals surface area contributed by atoms with Gasteiger partial charge in [0.25, 0.3) is 0 Å². The Kier molecular flexibility index (Phi) is 6.40. The molecule has 1 aromatic carbocycles. The van der Waals surface area contributed by atoms with Crippen LogP contribution in [0.5, 0.6) is 0 Å². The van der Waals surface area contributed by atoms with E-state index in [1.807, 2.05) is 6.07 Å². The van der Waals surface area contributed by atoms with E-state index in [2.05, 4.69) is 10.5 Å². The van der Waals surface area contributed by atoms with Crippen LogP contribution >= 0.6 is 0 Å². The summed E-state index contributed by atoms with van der Waals surface area (Å²) in [6.07, 6.45) is -5.33. The number of hydrogen-bond donors (Lipinski definition) is 6. The van der Waals surface area contributed by atoms with Crippen LogP contribution in [0.25, 0.3) is 0 Å². The van der Waals surface area contributed by atoms with Crippen molar-refractivity contribution in [2.24, 2.45) is 5.10 Å². The molecule has 0 aromatic heterocycles. The molecule has 1 aromatic rings. The lowest BCUT2D eigenvalue weighted by Crippen LogP contribution is -2.46. The summed E-state index contributed by atoms with van der Waals surface area (Å²) in [5.41, 5.74) is 3.31. The van der Waals surface area contributed by atoms with Gasteiger partial charge in [-0.25, -0.2) is 0 Å². The first-order valence-corrected chi connectivity index (χ1v) is 5.73. The number of para-hydroxylation sites is 1. The number of nitrogens with one attached hydrogen (secondary N) is 1. The van der Waals surface area contributed by atoms with E-state index < -0.39 is 31.0 Å². The minimum atomic E-state index is -1.66. The molecule has 7 heteroatoms. The highest BCUT2D eigenvalue weighted by Crippen LogP contribution is 2.06. The summed E-state index contributed by atoms with van der Waals surface area (Å²) >= 11 is 0. The van der Waals surface area contributed by atoms with Crippen molar-refractivity contribution in [1.29, 1.82) is 0 Å². The van der Waals surface area contributed by atoms with E-state index in [4.69, 9.17) is 10.2 Å². The van der Waals surface area contributed by atoms with Gasteiger partial charge in [-0.1, -0.05) is 18.2 Å². The van der Waals surface area contributed by atoms with Crippen LogP contribution in [0, 0.1) is 0 Å². The summed E-state index contributed by atoms with van der Waals surface area (Å²) in [6, 6.07) is 8.93. The van der Waals surface area contributed by atoms with Crippen molar-refractivity contribution in [1.82, 2.24) is 0 Å². The molecular weight excluding hydrogens is 252 g/mol. The van der Waals surface area contributed by atoms with Gasteiger partial charge in [-0.2, -0.15) is 5.10 Å². The van der Waals surface area contributed by atoms with Gasteiger partial charge in [0.1, 0.15) is 24.4 Å². The zero-order chi connectivity index (χ0) is 14.3. The molecule has 0 spiro atoms. The van der Waals surface area contributed by atoms with Crippen molar-refractivity contribution >= 4 is 11.9 Å². The second-order valence-electron chi connectivity index (χ2n) is 3.98. The minimum absolute atomic E-state index is 0.691. The van der Waals surface area contributed by atoms with Crippen molar-refractivity contribution in [3.05, 3.63) is 30.3 Å². The zero-order valence-corrected chi connectivity index (χ0v) is 10.2. The van der Waals surface area contributed by atoms with Crippen molar-refractivity contribution in [3.63, 3.8) is 0 Å². The molecule has 0 aliphatic heterocycles. The number of aliphatic hydroxyl groups excluding tert-OH is 5. The molecule has 4 atom stereocenters. The number of rotatable bonds is 7. The Morgan fingerprint density at radius 2 is 1.68 bits per heavy atom. The summed E-state index contributed by atoms with van der Waals surface area (Å²) < 4.78 is 0. The number of anilines is 1. The van der Waals surface area contributed by atoms with Crippen molar-refractivity contribution in [2.45, 2.75) is 24.4 Å². The molecule has 0 heterocycles. The maximum Gasteiger partial charge on any atom is 0.119 e. The van der Waals surface area contributed by atoms with E-state index in [-0.39, 0.29) is 0 Å². The fourth-order valence-corrected chi connectivity index (χ4v) is 1.33. The molecule has 7 nitrogen and oxygen atoms in total. The number of hydrazone groups is 1. The molecule has 6 N–H and O–H groups in total. The van der Waals surface area contributed by atoms with Gasteiger partial charge in [0.15, 0.2) is 0 Å². The van der Waals surface area contributed by atoms with Gasteiger partial charge in [-0.15, -0.1) is 0 Å². The average molecular weight is 270 g/mol. The van der Waals surface area contributed by atoms with Gasteiger partial charge in [0.05, 0.1) is 18.5 Å². The highest BCUT2D eigenvalue weighted by molar-refractivity contribution is 5.65. The summed E-state index contributed by atoms with van der Waals surface area (Å²) in [5, 5.41) is 49.8. The Hall–Kier alpha value is -1.51. The minimum Gasteiger partial charge on any atom is -0.394 e. The summed E-state index contributed by atoms with van der Waals surface area (Å²) in [4.78, 5) is 0. The van der Waals surface area contributed by atoms with Crippen LogP contribution in [-0.4, -0.2) is 62.8 Å². The van der Waals surface area contributed by atoms with Crippen LogP contribution in [0.4, 0.5) is 5.69 Å². The number of hydrogen-bond acceptors (Lipinski definition) is 7. The predicted octanol–water partition coefficient (Wildman–Crippen LogP) is -1.48. The Balaban J connectivity index is 2.47. The molecular formula is C12H18N2O5. The van der Waals surface area contributed by atoms with E-state index in [0.29, 0.717) is 5.69 Å². The monoisotopic (exact) mass is 270 g/mol. The normalized spacial score (nSPS) is 17.9. The van der Waals surface area contributed by atoms with E-state index in [1.54, 1.807) is 24.3 Å². The molecule has 106 valence electrons. The van der Waals surface area contributed by atoms with Gasteiger partial charge < -0.3 is 25.5 Å². The molecule has 0 fully saturated rings. The summed E-state index contributed by atoms with van der Waals surface area (Å²) in [6.45, 7) is -0.718.